The second-order valence-electron chi connectivity index (χ2n) is 11.8. The standard InChI is InChI=1S/C27H38O9/c1-14-7-17(31-11-14)5-6-27-10-20-23(35-27)24-25(34-20)26(36-27)22-19(33-24)4-3-18(32-22)9-16(28)8-15-12-30-13-21(15)29-2/h15,17-26H,1,3-13H2,2H3/t15-,17-,18+,19-,20+,21-,22?,23-,24?,25+,26-,27-/m0/s1. The number of ether oxygens (including phenoxy) is 8. The van der Waals surface area contributed by atoms with Crippen LogP contribution >= 0.6 is 0 Å². The van der Waals surface area contributed by atoms with E-state index in [2.05, 4.69) is 6.58 Å². The van der Waals surface area contributed by atoms with E-state index in [-0.39, 0.29) is 72.7 Å². The molecule has 0 aromatic rings. The van der Waals surface area contributed by atoms with E-state index >= 15 is 0 Å². The van der Waals surface area contributed by atoms with Crippen molar-refractivity contribution in [2.45, 2.75) is 118 Å². The first kappa shape index (κ1) is 24.2. The lowest BCUT2D eigenvalue weighted by Gasteiger charge is -2.47. The molecule has 0 aliphatic carbocycles. The lowest BCUT2D eigenvalue weighted by atomic mass is 9.86. The number of fused-ring (bicyclic) bond motifs is 1. The Bertz CT molecular complexity index is 879. The van der Waals surface area contributed by atoms with Crippen LogP contribution in [0.15, 0.2) is 12.2 Å². The molecule has 8 rings (SSSR count). The minimum Gasteiger partial charge on any atom is -0.379 e. The summed E-state index contributed by atoms with van der Waals surface area (Å²) >= 11 is 0. The van der Waals surface area contributed by atoms with E-state index in [4.69, 9.17) is 37.9 Å². The average Bonchev–Trinajstić information content (AvgIpc) is 3.59. The van der Waals surface area contributed by atoms with Gasteiger partial charge in [0.05, 0.1) is 50.3 Å². The lowest BCUT2D eigenvalue weighted by molar-refractivity contribution is -0.292. The first-order valence-corrected chi connectivity index (χ1v) is 13.7. The molecule has 36 heavy (non-hydrogen) atoms. The summed E-state index contributed by atoms with van der Waals surface area (Å²) < 4.78 is 49.8. The highest BCUT2D eigenvalue weighted by atomic mass is 16.8. The predicted octanol–water partition coefficient (Wildman–Crippen LogP) is 2.09. The third kappa shape index (κ3) is 4.20. The van der Waals surface area contributed by atoms with Crippen LogP contribution in [0.5, 0.6) is 0 Å². The third-order valence-corrected chi connectivity index (χ3v) is 9.30. The van der Waals surface area contributed by atoms with E-state index < -0.39 is 5.79 Å². The van der Waals surface area contributed by atoms with E-state index in [1.807, 2.05) is 0 Å². The zero-order valence-corrected chi connectivity index (χ0v) is 21.0. The van der Waals surface area contributed by atoms with Gasteiger partial charge in [-0.2, -0.15) is 0 Å². The Kier molecular flexibility index (Phi) is 6.29. The molecule has 0 saturated carbocycles. The number of methoxy groups -OCH3 is 1. The molecular weight excluding hydrogens is 468 g/mol. The summed E-state index contributed by atoms with van der Waals surface area (Å²) in [6.45, 7) is 5.84. The quantitative estimate of drug-likeness (QED) is 0.459. The molecule has 9 heteroatoms. The topological polar surface area (TPSA) is 90.9 Å². The minimum absolute atomic E-state index is 0.00323. The van der Waals surface area contributed by atoms with Gasteiger partial charge in [0.15, 0.2) is 5.79 Å². The van der Waals surface area contributed by atoms with Crippen molar-refractivity contribution in [1.29, 1.82) is 0 Å². The molecule has 8 aliphatic heterocycles. The van der Waals surface area contributed by atoms with Gasteiger partial charge in [-0.15, -0.1) is 0 Å². The molecular formula is C27H38O9. The molecule has 0 N–H and O–H groups in total. The summed E-state index contributed by atoms with van der Waals surface area (Å²) in [7, 11) is 1.68. The molecule has 0 spiro atoms. The van der Waals surface area contributed by atoms with E-state index in [0.717, 1.165) is 37.7 Å². The average molecular weight is 507 g/mol. The molecule has 200 valence electrons. The van der Waals surface area contributed by atoms with Gasteiger partial charge in [0.2, 0.25) is 0 Å². The molecule has 0 aromatic carbocycles. The van der Waals surface area contributed by atoms with Gasteiger partial charge in [-0.3, -0.25) is 4.79 Å². The van der Waals surface area contributed by atoms with Crippen LogP contribution in [-0.2, 0) is 42.7 Å². The first-order valence-electron chi connectivity index (χ1n) is 13.7. The highest BCUT2D eigenvalue weighted by Gasteiger charge is 2.68. The Morgan fingerprint density at radius 2 is 1.81 bits per heavy atom. The number of carbonyl (C=O) groups is 1. The summed E-state index contributed by atoms with van der Waals surface area (Å²) in [5.74, 6) is -0.375. The fourth-order valence-electron chi connectivity index (χ4n) is 7.53. The predicted molar refractivity (Wildman–Crippen MR) is 124 cm³/mol. The number of ketones is 1. The summed E-state index contributed by atoms with van der Waals surface area (Å²) in [5.41, 5.74) is 1.15. The van der Waals surface area contributed by atoms with Crippen LogP contribution in [0.2, 0.25) is 0 Å². The van der Waals surface area contributed by atoms with Gasteiger partial charge in [0.1, 0.15) is 36.3 Å². The SMILES string of the molecule is C=C1CO[C@@H](CC[C@@]23C[C@H]4O[C@@H]5C(O[C@H]6CC[C@H](CC(=O)C[C@H]7COC[C@@H]7OC)OC6[C@@H]5O2)[C@H]4O3)C1. The fraction of sp³-hybridized carbons (Fsp3) is 0.889. The molecule has 8 heterocycles. The zero-order valence-electron chi connectivity index (χ0n) is 21.0. The van der Waals surface area contributed by atoms with Gasteiger partial charge >= 0.3 is 0 Å². The Hall–Kier alpha value is -0.910. The number of carbonyl (C=O) groups excluding carboxylic acids is 1. The lowest BCUT2D eigenvalue weighted by Crippen LogP contribution is -2.61. The Morgan fingerprint density at radius 3 is 2.64 bits per heavy atom. The van der Waals surface area contributed by atoms with E-state index in [1.165, 1.54) is 0 Å². The maximum Gasteiger partial charge on any atom is 0.172 e. The minimum atomic E-state index is -0.696. The number of hydrogen-bond acceptors (Lipinski definition) is 9. The third-order valence-electron chi connectivity index (χ3n) is 9.30. The van der Waals surface area contributed by atoms with Crippen molar-refractivity contribution in [3.63, 3.8) is 0 Å². The van der Waals surface area contributed by atoms with E-state index in [0.29, 0.717) is 39.1 Å². The highest BCUT2D eigenvalue weighted by Crippen LogP contribution is 2.54. The van der Waals surface area contributed by atoms with Gasteiger partial charge in [-0.1, -0.05) is 6.58 Å². The normalized spacial score (nSPS) is 51.0. The van der Waals surface area contributed by atoms with Crippen molar-refractivity contribution in [3.8, 4) is 0 Å². The maximum absolute atomic E-state index is 12.9. The Morgan fingerprint density at radius 1 is 0.972 bits per heavy atom. The van der Waals surface area contributed by atoms with Gasteiger partial charge in [0, 0.05) is 38.7 Å². The monoisotopic (exact) mass is 506 g/mol. The molecule has 9 nitrogen and oxygen atoms in total. The fourth-order valence-corrected chi connectivity index (χ4v) is 7.53. The van der Waals surface area contributed by atoms with Crippen LogP contribution in [0, 0.1) is 5.92 Å². The molecule has 2 unspecified atom stereocenters. The molecule has 0 radical (unpaired) electrons. The van der Waals surface area contributed by atoms with Crippen LogP contribution in [0.25, 0.3) is 0 Å². The summed E-state index contributed by atoms with van der Waals surface area (Å²) in [5, 5.41) is 0. The Balaban J connectivity index is 1.02. The first-order chi connectivity index (χ1) is 17.5. The number of Topliss-reactive ketones (excluding diaryl/α,β-unsaturated/α-hetero) is 1. The van der Waals surface area contributed by atoms with Gasteiger partial charge in [-0.25, -0.2) is 0 Å². The second-order valence-corrected chi connectivity index (χ2v) is 11.8. The molecule has 0 aromatic heterocycles. The van der Waals surface area contributed by atoms with Crippen LogP contribution in [0.1, 0.15) is 51.4 Å². The van der Waals surface area contributed by atoms with Gasteiger partial charge in [0.25, 0.3) is 0 Å². The second kappa shape index (κ2) is 9.38. The molecule has 8 saturated heterocycles. The molecule has 6 bridgehead atoms. The molecule has 8 fully saturated rings. The molecule has 8 aliphatic rings. The smallest absolute Gasteiger partial charge is 0.172 e. The molecule has 12 atom stereocenters. The van der Waals surface area contributed by atoms with Crippen LogP contribution in [0.3, 0.4) is 0 Å². The maximum atomic E-state index is 12.9. The van der Waals surface area contributed by atoms with Gasteiger partial charge < -0.3 is 37.9 Å². The highest BCUT2D eigenvalue weighted by molar-refractivity contribution is 5.79. The number of rotatable bonds is 8. The van der Waals surface area contributed by atoms with Crippen molar-refractivity contribution in [2.75, 3.05) is 26.9 Å². The van der Waals surface area contributed by atoms with Crippen molar-refractivity contribution >= 4 is 5.78 Å². The zero-order chi connectivity index (χ0) is 24.4. The van der Waals surface area contributed by atoms with Crippen molar-refractivity contribution in [2.24, 2.45) is 5.92 Å². The number of hydrogen-bond donors (Lipinski definition) is 0. The molecule has 0 amide bonds. The van der Waals surface area contributed by atoms with Crippen molar-refractivity contribution in [3.05, 3.63) is 12.2 Å². The summed E-state index contributed by atoms with van der Waals surface area (Å²) in [4.78, 5) is 12.9. The summed E-state index contributed by atoms with van der Waals surface area (Å²) in [6, 6.07) is 0. The van der Waals surface area contributed by atoms with E-state index in [9.17, 15) is 4.79 Å². The van der Waals surface area contributed by atoms with Gasteiger partial charge in [-0.05, 0) is 31.3 Å². The summed E-state index contributed by atoms with van der Waals surface area (Å²) in [6.07, 6.45) is 4.75. The van der Waals surface area contributed by atoms with Crippen LogP contribution in [0.4, 0.5) is 0 Å². The van der Waals surface area contributed by atoms with Crippen LogP contribution < -0.4 is 0 Å². The van der Waals surface area contributed by atoms with Crippen LogP contribution in [-0.4, -0.2) is 99.5 Å². The van der Waals surface area contributed by atoms with E-state index in [1.54, 1.807) is 7.11 Å². The largest absolute Gasteiger partial charge is 0.379 e. The Labute approximate surface area is 212 Å². The van der Waals surface area contributed by atoms with Crippen molar-refractivity contribution in [1.82, 2.24) is 0 Å². The van der Waals surface area contributed by atoms with Crippen molar-refractivity contribution < 1.29 is 42.7 Å².